The highest BCUT2D eigenvalue weighted by Gasteiger charge is 2.12. The lowest BCUT2D eigenvalue weighted by Crippen LogP contribution is -2.21. The quantitative estimate of drug-likeness (QED) is 0.838. The molecule has 0 aliphatic carbocycles. The number of hydrogen-bond acceptors (Lipinski definition) is 4. The van der Waals surface area contributed by atoms with Gasteiger partial charge in [-0.15, -0.1) is 0 Å². The molecule has 0 unspecified atom stereocenters. The molecule has 0 saturated heterocycles. The number of para-hydroxylation sites is 1. The zero-order chi connectivity index (χ0) is 13.7. The molecule has 0 fully saturated rings. The van der Waals surface area contributed by atoms with E-state index in [2.05, 4.69) is 16.0 Å². The highest BCUT2D eigenvalue weighted by atomic mass is 15.3. The third-order valence-electron chi connectivity index (χ3n) is 2.73. The molecular weight excluding hydrogens is 236 g/mol. The number of hydrogen-bond donors (Lipinski definition) is 0. The average Bonchev–Trinajstić information content (AvgIpc) is 2.39. The van der Waals surface area contributed by atoms with Crippen LogP contribution in [0.15, 0.2) is 36.4 Å². The van der Waals surface area contributed by atoms with E-state index in [1.54, 1.807) is 0 Å². The molecule has 0 aliphatic heterocycles. The van der Waals surface area contributed by atoms with Crippen LogP contribution in [0.25, 0.3) is 0 Å². The average molecular weight is 252 g/mol. The van der Waals surface area contributed by atoms with Gasteiger partial charge in [-0.25, -0.2) is 9.97 Å². The summed E-state index contributed by atoms with van der Waals surface area (Å²) in [6.45, 7) is 4.49. The number of nitrogens with zero attached hydrogens (tertiary/aromatic N) is 4. The van der Waals surface area contributed by atoms with Crippen LogP contribution in [-0.2, 0) is 0 Å². The van der Waals surface area contributed by atoms with E-state index in [1.807, 2.05) is 55.1 Å². The van der Waals surface area contributed by atoms with Crippen LogP contribution in [0.2, 0.25) is 0 Å². The molecule has 0 atom stereocenters. The molecule has 96 valence electrons. The van der Waals surface area contributed by atoms with Crippen LogP contribution in [-0.4, -0.2) is 16.5 Å². The van der Waals surface area contributed by atoms with Gasteiger partial charge in [0.15, 0.2) is 0 Å². The summed E-state index contributed by atoms with van der Waals surface area (Å²) in [7, 11) is 0. The zero-order valence-corrected chi connectivity index (χ0v) is 11.2. The van der Waals surface area contributed by atoms with E-state index in [0.717, 1.165) is 17.1 Å². The lowest BCUT2D eigenvalue weighted by molar-refractivity contribution is 0.882. The van der Waals surface area contributed by atoms with Gasteiger partial charge in [-0.2, -0.15) is 5.26 Å². The molecule has 0 saturated carbocycles. The van der Waals surface area contributed by atoms with Crippen LogP contribution >= 0.6 is 0 Å². The van der Waals surface area contributed by atoms with Crippen molar-refractivity contribution >= 4 is 11.6 Å². The largest absolute Gasteiger partial charge is 0.310 e. The van der Waals surface area contributed by atoms with Crippen LogP contribution in [0, 0.1) is 25.2 Å². The van der Waals surface area contributed by atoms with Crippen LogP contribution in [0.1, 0.15) is 17.8 Å². The predicted octanol–water partition coefficient (Wildman–Crippen LogP) is 3.15. The molecule has 0 bridgehead atoms. The lowest BCUT2D eigenvalue weighted by Gasteiger charge is -2.22. The minimum Gasteiger partial charge on any atom is -0.310 e. The molecule has 0 radical (unpaired) electrons. The monoisotopic (exact) mass is 252 g/mol. The van der Waals surface area contributed by atoms with E-state index in [4.69, 9.17) is 5.26 Å². The molecule has 1 aromatic heterocycles. The summed E-state index contributed by atoms with van der Waals surface area (Å²) in [6.07, 6.45) is 0.436. The fourth-order valence-electron chi connectivity index (χ4n) is 1.94. The highest BCUT2D eigenvalue weighted by molar-refractivity contribution is 5.57. The van der Waals surface area contributed by atoms with Crippen molar-refractivity contribution in [3.05, 3.63) is 47.8 Å². The maximum Gasteiger partial charge on any atom is 0.230 e. The number of aryl methyl sites for hydroxylation is 2. The Morgan fingerprint density at radius 1 is 1.11 bits per heavy atom. The SMILES string of the molecule is Cc1cc(C)nc(N(CCC#N)c2ccccc2)n1. The summed E-state index contributed by atoms with van der Waals surface area (Å²) < 4.78 is 0. The number of anilines is 2. The van der Waals surface area contributed by atoms with Crippen molar-refractivity contribution in [1.82, 2.24) is 9.97 Å². The van der Waals surface area contributed by atoms with Gasteiger partial charge >= 0.3 is 0 Å². The van der Waals surface area contributed by atoms with Crippen molar-refractivity contribution in [2.24, 2.45) is 0 Å². The Balaban J connectivity index is 2.40. The molecule has 0 spiro atoms. The van der Waals surface area contributed by atoms with Crippen molar-refractivity contribution in [3.63, 3.8) is 0 Å². The Kier molecular flexibility index (Phi) is 4.09. The smallest absolute Gasteiger partial charge is 0.230 e. The molecule has 2 aromatic rings. The molecule has 4 heteroatoms. The van der Waals surface area contributed by atoms with E-state index >= 15 is 0 Å². The van der Waals surface area contributed by atoms with Gasteiger partial charge in [0.05, 0.1) is 12.5 Å². The molecule has 19 heavy (non-hydrogen) atoms. The minimum absolute atomic E-state index is 0.436. The van der Waals surface area contributed by atoms with Crippen LogP contribution in [0.5, 0.6) is 0 Å². The van der Waals surface area contributed by atoms with Gasteiger partial charge in [0.1, 0.15) is 0 Å². The first-order valence-corrected chi connectivity index (χ1v) is 6.22. The maximum absolute atomic E-state index is 8.80. The Morgan fingerprint density at radius 3 is 2.32 bits per heavy atom. The summed E-state index contributed by atoms with van der Waals surface area (Å²) in [6, 6.07) is 14.0. The summed E-state index contributed by atoms with van der Waals surface area (Å²) in [5, 5.41) is 8.80. The van der Waals surface area contributed by atoms with E-state index < -0.39 is 0 Å². The molecule has 1 aromatic carbocycles. The summed E-state index contributed by atoms with van der Waals surface area (Å²) in [4.78, 5) is 10.9. The van der Waals surface area contributed by atoms with E-state index in [1.165, 1.54) is 0 Å². The van der Waals surface area contributed by atoms with Crippen molar-refractivity contribution in [2.45, 2.75) is 20.3 Å². The third-order valence-corrected chi connectivity index (χ3v) is 2.73. The summed E-state index contributed by atoms with van der Waals surface area (Å²) >= 11 is 0. The standard InChI is InChI=1S/C15H16N4/c1-12-11-13(2)18-15(17-12)19(10-6-9-16)14-7-4-3-5-8-14/h3-5,7-8,11H,6,10H2,1-2H3. The predicted molar refractivity (Wildman–Crippen MR) is 75.2 cm³/mol. The fourth-order valence-corrected chi connectivity index (χ4v) is 1.94. The first-order chi connectivity index (χ1) is 9.20. The third kappa shape index (κ3) is 3.29. The fraction of sp³-hybridized carbons (Fsp3) is 0.267. The molecular formula is C15H16N4. The van der Waals surface area contributed by atoms with Gasteiger partial charge < -0.3 is 4.90 Å². The Hall–Kier alpha value is -2.41. The molecule has 0 amide bonds. The van der Waals surface area contributed by atoms with E-state index in [9.17, 15) is 0 Å². The van der Waals surface area contributed by atoms with Gasteiger partial charge in [0, 0.05) is 23.6 Å². The first kappa shape index (κ1) is 13.0. The highest BCUT2D eigenvalue weighted by Crippen LogP contribution is 2.22. The number of nitriles is 1. The van der Waals surface area contributed by atoms with Crippen LogP contribution < -0.4 is 4.90 Å². The van der Waals surface area contributed by atoms with Gasteiger partial charge in [-0.3, -0.25) is 0 Å². The molecule has 4 nitrogen and oxygen atoms in total. The Morgan fingerprint density at radius 2 is 1.74 bits per heavy atom. The Bertz CT molecular complexity index is 567. The first-order valence-electron chi connectivity index (χ1n) is 6.22. The molecule has 2 rings (SSSR count). The van der Waals surface area contributed by atoms with Crippen molar-refractivity contribution in [1.29, 1.82) is 5.26 Å². The number of rotatable bonds is 4. The normalized spacial score (nSPS) is 9.95. The maximum atomic E-state index is 8.80. The van der Waals surface area contributed by atoms with Crippen LogP contribution in [0.4, 0.5) is 11.6 Å². The van der Waals surface area contributed by atoms with Crippen molar-refractivity contribution in [3.8, 4) is 6.07 Å². The van der Waals surface area contributed by atoms with Gasteiger partial charge in [0.25, 0.3) is 0 Å². The topological polar surface area (TPSA) is 52.8 Å². The van der Waals surface area contributed by atoms with Gasteiger partial charge in [0.2, 0.25) is 5.95 Å². The second-order valence-corrected chi connectivity index (χ2v) is 4.35. The van der Waals surface area contributed by atoms with Crippen LogP contribution in [0.3, 0.4) is 0 Å². The van der Waals surface area contributed by atoms with Crippen molar-refractivity contribution < 1.29 is 0 Å². The Labute approximate surface area is 113 Å². The van der Waals surface area contributed by atoms with Crippen molar-refractivity contribution in [2.75, 3.05) is 11.4 Å². The summed E-state index contributed by atoms with van der Waals surface area (Å²) in [5.74, 6) is 0.652. The number of aromatic nitrogens is 2. The zero-order valence-electron chi connectivity index (χ0n) is 11.2. The van der Waals surface area contributed by atoms with Gasteiger partial charge in [-0.1, -0.05) is 18.2 Å². The second kappa shape index (κ2) is 5.96. The molecule has 0 N–H and O–H groups in total. The van der Waals surface area contributed by atoms with E-state index in [-0.39, 0.29) is 0 Å². The number of benzene rings is 1. The minimum atomic E-state index is 0.436. The molecule has 1 heterocycles. The second-order valence-electron chi connectivity index (χ2n) is 4.35. The summed E-state index contributed by atoms with van der Waals surface area (Å²) in [5.41, 5.74) is 2.86. The molecule has 0 aliphatic rings. The van der Waals surface area contributed by atoms with Gasteiger partial charge in [-0.05, 0) is 32.0 Å². The van der Waals surface area contributed by atoms with E-state index in [0.29, 0.717) is 18.9 Å². The lowest BCUT2D eigenvalue weighted by atomic mass is 10.2.